The summed E-state index contributed by atoms with van der Waals surface area (Å²) in [7, 11) is 0. The Bertz CT molecular complexity index is 702. The SMILES string of the molecule is N#Cc1nc(Cl)cc(Cl)c1N.N#Cc1ncccc1N. The van der Waals surface area contributed by atoms with Gasteiger partial charge < -0.3 is 11.5 Å². The number of nitrogens with zero attached hydrogens (tertiary/aromatic N) is 4. The van der Waals surface area contributed by atoms with Gasteiger partial charge in [0.1, 0.15) is 17.3 Å². The van der Waals surface area contributed by atoms with E-state index in [2.05, 4.69) is 9.97 Å². The van der Waals surface area contributed by atoms with Crippen LogP contribution in [-0.2, 0) is 0 Å². The molecule has 0 aromatic carbocycles. The highest BCUT2D eigenvalue weighted by Crippen LogP contribution is 2.23. The normalized spacial score (nSPS) is 8.80. The molecule has 8 heteroatoms. The van der Waals surface area contributed by atoms with Gasteiger partial charge >= 0.3 is 0 Å². The van der Waals surface area contributed by atoms with Gasteiger partial charge in [0, 0.05) is 6.20 Å². The van der Waals surface area contributed by atoms with Crippen LogP contribution in [0.15, 0.2) is 24.4 Å². The van der Waals surface area contributed by atoms with E-state index in [1.165, 1.54) is 12.3 Å². The molecule has 0 aliphatic heterocycles. The smallest absolute Gasteiger partial charge is 0.166 e. The Morgan fingerprint density at radius 2 is 1.75 bits per heavy atom. The molecule has 2 heterocycles. The molecule has 2 aromatic rings. The van der Waals surface area contributed by atoms with Crippen molar-refractivity contribution in [2.75, 3.05) is 11.5 Å². The van der Waals surface area contributed by atoms with Crippen molar-refractivity contribution in [2.45, 2.75) is 0 Å². The van der Waals surface area contributed by atoms with Crippen LogP contribution in [0.2, 0.25) is 10.2 Å². The van der Waals surface area contributed by atoms with Crippen LogP contribution in [0.1, 0.15) is 11.4 Å². The minimum Gasteiger partial charge on any atom is -0.396 e. The maximum Gasteiger partial charge on any atom is 0.166 e. The molecule has 100 valence electrons. The van der Waals surface area contributed by atoms with Crippen molar-refractivity contribution in [1.82, 2.24) is 9.97 Å². The zero-order valence-corrected chi connectivity index (χ0v) is 11.5. The Hall–Kier alpha value is -2.54. The highest BCUT2D eigenvalue weighted by molar-refractivity contribution is 6.35. The fourth-order valence-electron chi connectivity index (χ4n) is 1.09. The quantitative estimate of drug-likeness (QED) is 0.720. The number of aromatic nitrogens is 2. The molecule has 0 fully saturated rings. The number of rotatable bonds is 0. The molecule has 4 N–H and O–H groups in total. The lowest BCUT2D eigenvalue weighted by atomic mass is 10.3. The van der Waals surface area contributed by atoms with E-state index in [9.17, 15) is 0 Å². The molecule has 2 rings (SSSR count). The van der Waals surface area contributed by atoms with Gasteiger partial charge in [0.05, 0.1) is 16.4 Å². The molecule has 0 spiro atoms. The zero-order chi connectivity index (χ0) is 15.1. The summed E-state index contributed by atoms with van der Waals surface area (Å²) in [5.41, 5.74) is 11.7. The summed E-state index contributed by atoms with van der Waals surface area (Å²) in [5.74, 6) is 0. The lowest BCUT2D eigenvalue weighted by Crippen LogP contribution is -1.94. The maximum atomic E-state index is 8.46. The van der Waals surface area contributed by atoms with Crippen LogP contribution in [0.3, 0.4) is 0 Å². The van der Waals surface area contributed by atoms with E-state index < -0.39 is 0 Å². The van der Waals surface area contributed by atoms with Crippen molar-refractivity contribution < 1.29 is 0 Å². The van der Waals surface area contributed by atoms with E-state index in [1.807, 2.05) is 6.07 Å². The Balaban J connectivity index is 0.000000204. The first-order chi connectivity index (χ1) is 9.49. The monoisotopic (exact) mass is 306 g/mol. The minimum absolute atomic E-state index is 0.0579. The second kappa shape index (κ2) is 7.15. The Morgan fingerprint density at radius 1 is 1.10 bits per heavy atom. The van der Waals surface area contributed by atoms with Crippen molar-refractivity contribution in [1.29, 1.82) is 10.5 Å². The first kappa shape index (κ1) is 15.5. The molecule has 6 nitrogen and oxygen atoms in total. The van der Waals surface area contributed by atoms with Crippen LogP contribution in [0, 0.1) is 22.7 Å². The number of hydrogen-bond acceptors (Lipinski definition) is 6. The fourth-order valence-corrected chi connectivity index (χ4v) is 1.53. The predicted octanol–water partition coefficient (Wildman–Crippen LogP) is 2.38. The number of nitriles is 2. The number of nitrogens with two attached hydrogens (primary N) is 2. The summed E-state index contributed by atoms with van der Waals surface area (Å²) in [6.07, 6.45) is 1.54. The zero-order valence-electron chi connectivity index (χ0n) is 10.0. The summed E-state index contributed by atoms with van der Waals surface area (Å²) in [4.78, 5) is 7.36. The van der Waals surface area contributed by atoms with Gasteiger partial charge in [-0.2, -0.15) is 10.5 Å². The van der Waals surface area contributed by atoms with Gasteiger partial charge in [-0.1, -0.05) is 23.2 Å². The van der Waals surface area contributed by atoms with Crippen LogP contribution in [-0.4, -0.2) is 9.97 Å². The third-order valence-electron chi connectivity index (χ3n) is 2.03. The van der Waals surface area contributed by atoms with Crippen LogP contribution in [0.5, 0.6) is 0 Å². The average Bonchev–Trinajstić information content (AvgIpc) is 2.44. The molecule has 0 saturated heterocycles. The van der Waals surface area contributed by atoms with Gasteiger partial charge in [0.15, 0.2) is 11.4 Å². The Labute approximate surface area is 125 Å². The first-order valence-electron chi connectivity index (χ1n) is 5.11. The molecular weight excluding hydrogens is 299 g/mol. The largest absolute Gasteiger partial charge is 0.396 e. The lowest BCUT2D eigenvalue weighted by molar-refractivity contribution is 1.27. The van der Waals surface area contributed by atoms with Crippen molar-refractivity contribution in [2.24, 2.45) is 0 Å². The van der Waals surface area contributed by atoms with Crippen LogP contribution >= 0.6 is 23.2 Å². The molecule has 0 aliphatic rings. The van der Waals surface area contributed by atoms with E-state index >= 15 is 0 Å². The molecule has 20 heavy (non-hydrogen) atoms. The molecule has 2 aromatic heterocycles. The lowest BCUT2D eigenvalue weighted by Gasteiger charge is -1.98. The number of anilines is 2. The minimum atomic E-state index is 0.0579. The maximum absolute atomic E-state index is 8.46. The summed E-state index contributed by atoms with van der Waals surface area (Å²) >= 11 is 11.1. The molecule has 0 saturated carbocycles. The number of hydrogen-bond donors (Lipinski definition) is 2. The van der Waals surface area contributed by atoms with Gasteiger partial charge in [0.25, 0.3) is 0 Å². The van der Waals surface area contributed by atoms with E-state index in [4.69, 9.17) is 45.2 Å². The summed E-state index contributed by atoms with van der Waals surface area (Å²) in [6, 6.07) is 8.35. The van der Waals surface area contributed by atoms with Gasteiger partial charge in [-0.3, -0.25) is 0 Å². The number of nitrogen functional groups attached to an aromatic ring is 2. The molecule has 0 atom stereocenters. The van der Waals surface area contributed by atoms with Crippen molar-refractivity contribution in [3.05, 3.63) is 46.0 Å². The number of pyridine rings is 2. The fraction of sp³-hybridized carbons (Fsp3) is 0. The number of halogens is 2. The highest BCUT2D eigenvalue weighted by atomic mass is 35.5. The highest BCUT2D eigenvalue weighted by Gasteiger charge is 2.05. The summed E-state index contributed by atoms with van der Waals surface area (Å²) < 4.78 is 0. The Kier molecular flexibility index (Phi) is 5.55. The first-order valence-corrected chi connectivity index (χ1v) is 5.87. The van der Waals surface area contributed by atoms with Crippen LogP contribution < -0.4 is 11.5 Å². The molecule has 0 unspecified atom stereocenters. The third kappa shape index (κ3) is 3.99. The standard InChI is InChI=1S/C6H3Cl2N3.C6H5N3/c7-3-1-5(8)11-4(2-9)6(3)10;7-4-6-5(8)2-1-3-9-6/h1H,10H2;1-3H,8H2. The Morgan fingerprint density at radius 3 is 2.25 bits per heavy atom. The van der Waals surface area contributed by atoms with E-state index in [0.717, 1.165) is 0 Å². The van der Waals surface area contributed by atoms with E-state index in [-0.39, 0.29) is 27.3 Å². The third-order valence-corrected chi connectivity index (χ3v) is 2.53. The van der Waals surface area contributed by atoms with Crippen molar-refractivity contribution in [3.8, 4) is 12.1 Å². The molecule has 0 bridgehead atoms. The van der Waals surface area contributed by atoms with Crippen molar-refractivity contribution >= 4 is 34.6 Å². The van der Waals surface area contributed by atoms with E-state index in [0.29, 0.717) is 5.69 Å². The molecular formula is C12H8Cl2N6. The predicted molar refractivity (Wildman–Crippen MR) is 76.7 cm³/mol. The van der Waals surface area contributed by atoms with E-state index in [1.54, 1.807) is 18.2 Å². The van der Waals surface area contributed by atoms with Gasteiger partial charge in [-0.25, -0.2) is 9.97 Å². The van der Waals surface area contributed by atoms with Gasteiger partial charge in [0.2, 0.25) is 0 Å². The summed E-state index contributed by atoms with van der Waals surface area (Å²) in [5, 5.41) is 17.2. The average molecular weight is 307 g/mol. The van der Waals surface area contributed by atoms with Crippen LogP contribution in [0.25, 0.3) is 0 Å². The topological polar surface area (TPSA) is 125 Å². The second-order valence-electron chi connectivity index (χ2n) is 3.35. The molecule has 0 aliphatic carbocycles. The van der Waals surface area contributed by atoms with Gasteiger partial charge in [-0.15, -0.1) is 0 Å². The molecule has 0 radical (unpaired) electrons. The van der Waals surface area contributed by atoms with Crippen molar-refractivity contribution in [3.63, 3.8) is 0 Å². The molecule has 0 amide bonds. The van der Waals surface area contributed by atoms with Gasteiger partial charge in [-0.05, 0) is 18.2 Å². The second-order valence-corrected chi connectivity index (χ2v) is 4.15. The van der Waals surface area contributed by atoms with Crippen LogP contribution in [0.4, 0.5) is 11.4 Å². The summed E-state index contributed by atoms with van der Waals surface area (Å²) in [6.45, 7) is 0.